The van der Waals surface area contributed by atoms with Crippen LogP contribution in [0, 0.1) is 5.92 Å². The van der Waals surface area contributed by atoms with E-state index in [0.717, 1.165) is 56.9 Å². The predicted octanol–water partition coefficient (Wildman–Crippen LogP) is 2.51. The molecule has 3 atom stereocenters. The third-order valence-electron chi connectivity index (χ3n) is 9.53. The van der Waals surface area contributed by atoms with Crippen molar-refractivity contribution in [1.82, 2.24) is 14.7 Å². The minimum absolute atomic E-state index is 0.0567. The third-order valence-corrected chi connectivity index (χ3v) is 9.53. The van der Waals surface area contributed by atoms with E-state index in [0.29, 0.717) is 19.4 Å². The molecular formula is C27H39N3O3. The SMILES string of the molecule is O=C1CC23CCN(CC4CC4)C(Cc4ccc(O)cc42)C3(O)CCN1CCCN1CCCC1. The molecule has 1 amide bonds. The first-order valence-corrected chi connectivity index (χ1v) is 13.3. The van der Waals surface area contributed by atoms with Gasteiger partial charge in [0.25, 0.3) is 0 Å². The molecule has 3 aliphatic heterocycles. The molecule has 5 aliphatic rings. The Hall–Kier alpha value is -1.63. The van der Waals surface area contributed by atoms with Crippen LogP contribution in [0.2, 0.25) is 0 Å². The van der Waals surface area contributed by atoms with Gasteiger partial charge < -0.3 is 20.0 Å². The molecule has 2 aliphatic carbocycles. The summed E-state index contributed by atoms with van der Waals surface area (Å²) >= 11 is 0. The second kappa shape index (κ2) is 8.24. The van der Waals surface area contributed by atoms with E-state index < -0.39 is 11.0 Å². The maximum absolute atomic E-state index is 13.6. The minimum atomic E-state index is -0.930. The lowest BCUT2D eigenvalue weighted by molar-refractivity contribution is -0.153. The highest BCUT2D eigenvalue weighted by Crippen LogP contribution is 2.57. The molecule has 0 aromatic heterocycles. The summed E-state index contributed by atoms with van der Waals surface area (Å²) in [7, 11) is 0. The number of carbonyl (C=O) groups is 1. The molecule has 3 heterocycles. The summed E-state index contributed by atoms with van der Waals surface area (Å²) in [5.74, 6) is 1.19. The highest BCUT2D eigenvalue weighted by molar-refractivity contribution is 5.79. The van der Waals surface area contributed by atoms with Crippen LogP contribution in [-0.4, -0.2) is 88.3 Å². The number of benzene rings is 1. The van der Waals surface area contributed by atoms with Crippen molar-refractivity contribution in [1.29, 1.82) is 0 Å². The average Bonchev–Trinajstić information content (AvgIpc) is 3.48. The standard InChI is InChI=1S/C27H39N3O3/c31-22-7-6-21-16-24-27(33)9-15-29(13-3-12-28-10-1-2-11-28)25(32)18-26(27,23(21)17-22)8-14-30(24)19-20-4-5-20/h6-7,17,20,24,31,33H,1-5,8-16,18-19H2. The number of likely N-dealkylation sites (tertiary alicyclic amines) is 3. The molecule has 4 fully saturated rings. The summed E-state index contributed by atoms with van der Waals surface area (Å²) in [6.45, 7) is 6.87. The largest absolute Gasteiger partial charge is 0.508 e. The smallest absolute Gasteiger partial charge is 0.223 e. The van der Waals surface area contributed by atoms with Crippen LogP contribution in [0.25, 0.3) is 0 Å². The van der Waals surface area contributed by atoms with Gasteiger partial charge in [-0.1, -0.05) is 6.07 Å². The summed E-state index contributed by atoms with van der Waals surface area (Å²) in [5.41, 5.74) is 0.711. The van der Waals surface area contributed by atoms with Gasteiger partial charge in [-0.05, 0) is 107 Å². The molecule has 2 bridgehead atoms. The molecule has 3 saturated heterocycles. The molecule has 3 unspecified atom stereocenters. The maximum Gasteiger partial charge on any atom is 0.223 e. The van der Waals surface area contributed by atoms with Gasteiger partial charge in [0, 0.05) is 37.5 Å². The van der Waals surface area contributed by atoms with Crippen molar-refractivity contribution < 1.29 is 15.0 Å². The number of fused-ring (bicyclic) bond motifs is 1. The quantitative estimate of drug-likeness (QED) is 0.693. The van der Waals surface area contributed by atoms with Crippen LogP contribution >= 0.6 is 0 Å². The first-order valence-electron chi connectivity index (χ1n) is 13.3. The Morgan fingerprint density at radius 2 is 1.85 bits per heavy atom. The van der Waals surface area contributed by atoms with Crippen LogP contribution in [0.15, 0.2) is 18.2 Å². The third kappa shape index (κ3) is 3.69. The number of carbonyl (C=O) groups excluding carboxylic acids is 1. The van der Waals surface area contributed by atoms with Crippen LogP contribution in [0.1, 0.15) is 62.5 Å². The summed E-state index contributed by atoms with van der Waals surface area (Å²) in [6, 6.07) is 5.71. The molecule has 6 rings (SSSR count). The van der Waals surface area contributed by atoms with E-state index >= 15 is 0 Å². The fourth-order valence-electron chi connectivity index (χ4n) is 7.51. The minimum Gasteiger partial charge on any atom is -0.508 e. The van der Waals surface area contributed by atoms with Crippen molar-refractivity contribution in [2.45, 2.75) is 74.8 Å². The summed E-state index contributed by atoms with van der Waals surface area (Å²) in [5, 5.41) is 22.9. The first-order chi connectivity index (χ1) is 16.0. The lowest BCUT2D eigenvalue weighted by Crippen LogP contribution is -2.71. The molecule has 1 aromatic rings. The van der Waals surface area contributed by atoms with Crippen molar-refractivity contribution >= 4 is 5.91 Å². The maximum atomic E-state index is 13.6. The summed E-state index contributed by atoms with van der Waals surface area (Å²) in [4.78, 5) is 20.7. The van der Waals surface area contributed by atoms with E-state index in [1.165, 1.54) is 44.3 Å². The van der Waals surface area contributed by atoms with E-state index in [1.807, 2.05) is 17.0 Å². The molecule has 180 valence electrons. The second-order valence-electron chi connectivity index (χ2n) is 11.5. The fraction of sp³-hybridized carbons (Fsp3) is 0.741. The van der Waals surface area contributed by atoms with E-state index in [2.05, 4.69) is 9.80 Å². The Labute approximate surface area is 197 Å². The predicted molar refractivity (Wildman–Crippen MR) is 127 cm³/mol. The topological polar surface area (TPSA) is 67.2 Å². The highest BCUT2D eigenvalue weighted by Gasteiger charge is 2.64. The number of phenolic OH excluding ortho intramolecular Hbond substituents is 1. The molecule has 6 heteroatoms. The Morgan fingerprint density at radius 1 is 1.03 bits per heavy atom. The van der Waals surface area contributed by atoms with Gasteiger partial charge in [0.1, 0.15) is 5.75 Å². The van der Waals surface area contributed by atoms with Gasteiger partial charge in [-0.15, -0.1) is 0 Å². The Balaban J connectivity index is 1.30. The van der Waals surface area contributed by atoms with Crippen LogP contribution < -0.4 is 0 Å². The fourth-order valence-corrected chi connectivity index (χ4v) is 7.51. The van der Waals surface area contributed by atoms with E-state index in [1.54, 1.807) is 6.07 Å². The van der Waals surface area contributed by atoms with Crippen LogP contribution in [0.4, 0.5) is 0 Å². The van der Waals surface area contributed by atoms with Crippen molar-refractivity contribution in [3.05, 3.63) is 29.3 Å². The van der Waals surface area contributed by atoms with E-state index in [-0.39, 0.29) is 17.7 Å². The zero-order valence-corrected chi connectivity index (χ0v) is 19.8. The van der Waals surface area contributed by atoms with Gasteiger partial charge in [0.2, 0.25) is 5.91 Å². The van der Waals surface area contributed by atoms with Crippen LogP contribution in [0.3, 0.4) is 0 Å². The number of hydrogen-bond donors (Lipinski definition) is 2. The number of amides is 1. The Bertz CT molecular complexity index is 912. The van der Waals surface area contributed by atoms with Gasteiger partial charge >= 0.3 is 0 Å². The molecule has 33 heavy (non-hydrogen) atoms. The molecule has 1 aromatic carbocycles. The summed E-state index contributed by atoms with van der Waals surface area (Å²) in [6.07, 6.45) is 8.79. The molecule has 0 spiro atoms. The van der Waals surface area contributed by atoms with Crippen molar-refractivity contribution in [2.24, 2.45) is 5.92 Å². The van der Waals surface area contributed by atoms with Crippen molar-refractivity contribution in [2.75, 3.05) is 45.8 Å². The van der Waals surface area contributed by atoms with Gasteiger partial charge in [0.15, 0.2) is 0 Å². The van der Waals surface area contributed by atoms with Gasteiger partial charge in [-0.3, -0.25) is 9.69 Å². The van der Waals surface area contributed by atoms with Crippen LogP contribution in [0.5, 0.6) is 5.75 Å². The molecular weight excluding hydrogens is 414 g/mol. The molecule has 0 radical (unpaired) electrons. The number of aliphatic hydroxyl groups is 1. The second-order valence-corrected chi connectivity index (χ2v) is 11.5. The molecule has 2 N–H and O–H groups in total. The zero-order valence-electron chi connectivity index (χ0n) is 19.8. The van der Waals surface area contributed by atoms with Gasteiger partial charge in [0.05, 0.1) is 5.60 Å². The lowest BCUT2D eigenvalue weighted by Gasteiger charge is -2.61. The zero-order chi connectivity index (χ0) is 22.6. The van der Waals surface area contributed by atoms with Gasteiger partial charge in [-0.2, -0.15) is 0 Å². The van der Waals surface area contributed by atoms with Crippen molar-refractivity contribution in [3.63, 3.8) is 0 Å². The lowest BCUT2D eigenvalue weighted by atomic mass is 9.52. The Kier molecular flexibility index (Phi) is 5.46. The number of aromatic hydroxyl groups is 1. The summed E-state index contributed by atoms with van der Waals surface area (Å²) < 4.78 is 0. The number of nitrogens with zero attached hydrogens (tertiary/aromatic N) is 3. The molecule has 6 nitrogen and oxygen atoms in total. The van der Waals surface area contributed by atoms with E-state index in [4.69, 9.17) is 0 Å². The molecule has 1 saturated carbocycles. The monoisotopic (exact) mass is 453 g/mol. The number of phenols is 1. The average molecular weight is 454 g/mol. The number of rotatable bonds is 6. The normalized spacial score (nSPS) is 34.8. The number of hydrogen-bond acceptors (Lipinski definition) is 5. The number of piperidine rings is 1. The van der Waals surface area contributed by atoms with Crippen LogP contribution in [-0.2, 0) is 16.6 Å². The Morgan fingerprint density at radius 3 is 2.64 bits per heavy atom. The highest BCUT2D eigenvalue weighted by atomic mass is 16.3. The first kappa shape index (κ1) is 21.9. The van der Waals surface area contributed by atoms with Gasteiger partial charge in [-0.25, -0.2) is 0 Å². The van der Waals surface area contributed by atoms with E-state index in [9.17, 15) is 15.0 Å². The van der Waals surface area contributed by atoms with Crippen molar-refractivity contribution in [3.8, 4) is 5.75 Å².